The quantitative estimate of drug-likeness (QED) is 0.864. The molecule has 7 heteroatoms. The summed E-state index contributed by atoms with van der Waals surface area (Å²) in [4.78, 5) is 28.4. The average molecular weight is 365 g/mol. The van der Waals surface area contributed by atoms with Gasteiger partial charge < -0.3 is 14.7 Å². The first-order valence-electron chi connectivity index (χ1n) is 8.30. The summed E-state index contributed by atoms with van der Waals surface area (Å²) in [6.07, 6.45) is 0. The number of Topliss-reactive ketones (excluding diaryl/α,β-unsaturated/α-hetero) is 1. The van der Waals surface area contributed by atoms with Crippen molar-refractivity contribution in [2.24, 2.45) is 0 Å². The fourth-order valence-corrected chi connectivity index (χ4v) is 3.58. The third kappa shape index (κ3) is 3.56. The van der Waals surface area contributed by atoms with Crippen LogP contribution in [-0.4, -0.2) is 66.0 Å². The lowest BCUT2D eigenvalue weighted by Gasteiger charge is -2.31. The Morgan fingerprint density at radius 1 is 1.28 bits per heavy atom. The van der Waals surface area contributed by atoms with Gasteiger partial charge in [0.2, 0.25) is 0 Å². The molecular weight excluding hydrogens is 344 g/mol. The first kappa shape index (κ1) is 17.9. The second-order valence-electron chi connectivity index (χ2n) is 6.20. The van der Waals surface area contributed by atoms with Crippen molar-refractivity contribution in [1.29, 1.82) is 0 Å². The zero-order valence-electron chi connectivity index (χ0n) is 14.1. The lowest BCUT2D eigenvalue weighted by atomic mass is 9.96. The minimum absolute atomic E-state index is 0.111. The highest BCUT2D eigenvalue weighted by Gasteiger charge is 2.42. The Hall–Kier alpha value is -1.89. The molecule has 0 aromatic heterocycles. The number of rotatable bonds is 5. The van der Waals surface area contributed by atoms with E-state index in [0.29, 0.717) is 36.9 Å². The average Bonchev–Trinajstić information content (AvgIpc) is 2.85. The van der Waals surface area contributed by atoms with E-state index in [4.69, 9.17) is 16.3 Å². The molecule has 0 unspecified atom stereocenters. The molecule has 6 nitrogen and oxygen atoms in total. The van der Waals surface area contributed by atoms with Crippen LogP contribution in [-0.2, 0) is 14.3 Å². The topological polar surface area (TPSA) is 70.1 Å². The Labute approximate surface area is 151 Å². The second-order valence-corrected chi connectivity index (χ2v) is 6.60. The fourth-order valence-electron chi connectivity index (χ4n) is 3.34. The summed E-state index contributed by atoms with van der Waals surface area (Å²) >= 11 is 6.30. The van der Waals surface area contributed by atoms with Crippen molar-refractivity contribution in [3.8, 4) is 0 Å². The highest BCUT2D eigenvalue weighted by Crippen LogP contribution is 2.40. The molecule has 2 heterocycles. The number of hydrogen-bond acceptors (Lipinski definition) is 5. The highest BCUT2D eigenvalue weighted by atomic mass is 35.5. The molecule has 134 valence electrons. The molecule has 1 amide bonds. The van der Waals surface area contributed by atoms with Gasteiger partial charge in [0.25, 0.3) is 5.91 Å². The van der Waals surface area contributed by atoms with Crippen LogP contribution in [0.15, 0.2) is 35.6 Å². The van der Waals surface area contributed by atoms with E-state index in [9.17, 15) is 14.7 Å². The number of amides is 1. The van der Waals surface area contributed by atoms with Gasteiger partial charge in [-0.25, -0.2) is 0 Å². The van der Waals surface area contributed by atoms with E-state index in [1.165, 1.54) is 11.8 Å². The lowest BCUT2D eigenvalue weighted by Crippen LogP contribution is -2.43. The lowest BCUT2D eigenvalue weighted by molar-refractivity contribution is -0.129. The van der Waals surface area contributed by atoms with E-state index in [1.807, 2.05) is 0 Å². The van der Waals surface area contributed by atoms with Gasteiger partial charge >= 0.3 is 0 Å². The third-order valence-electron chi connectivity index (χ3n) is 4.64. The van der Waals surface area contributed by atoms with E-state index in [1.54, 1.807) is 24.3 Å². The minimum Gasteiger partial charge on any atom is -0.503 e. The number of hydrogen-bond donors (Lipinski definition) is 1. The van der Waals surface area contributed by atoms with Crippen LogP contribution in [0.3, 0.4) is 0 Å². The molecule has 1 atom stereocenters. The van der Waals surface area contributed by atoms with Crippen molar-refractivity contribution in [2.45, 2.75) is 13.0 Å². The second kappa shape index (κ2) is 7.56. The van der Waals surface area contributed by atoms with Gasteiger partial charge in [-0.05, 0) is 18.6 Å². The van der Waals surface area contributed by atoms with Gasteiger partial charge in [-0.2, -0.15) is 0 Å². The molecule has 2 aliphatic heterocycles. The molecule has 2 aliphatic rings. The van der Waals surface area contributed by atoms with Crippen molar-refractivity contribution < 1.29 is 19.4 Å². The predicted octanol–water partition coefficient (Wildman–Crippen LogP) is 1.96. The molecule has 1 N–H and O–H groups in total. The number of ether oxygens (including phenoxy) is 1. The van der Waals surface area contributed by atoms with Crippen LogP contribution in [0.4, 0.5) is 0 Å². The van der Waals surface area contributed by atoms with E-state index in [-0.39, 0.29) is 11.4 Å². The zero-order chi connectivity index (χ0) is 18.0. The largest absolute Gasteiger partial charge is 0.503 e. The summed E-state index contributed by atoms with van der Waals surface area (Å²) in [6, 6.07) is 6.44. The van der Waals surface area contributed by atoms with Crippen molar-refractivity contribution >= 4 is 23.3 Å². The summed E-state index contributed by atoms with van der Waals surface area (Å²) < 4.78 is 5.33. The SMILES string of the molecule is CC(=O)C1=C(O)C(=O)N(CCN2CCOCC2)[C@H]1c1ccccc1Cl. The van der Waals surface area contributed by atoms with Gasteiger partial charge in [0.1, 0.15) is 0 Å². The van der Waals surface area contributed by atoms with Gasteiger partial charge in [-0.3, -0.25) is 14.5 Å². The van der Waals surface area contributed by atoms with Crippen LogP contribution < -0.4 is 0 Å². The van der Waals surface area contributed by atoms with Crippen LogP contribution in [0.25, 0.3) is 0 Å². The van der Waals surface area contributed by atoms with Crippen molar-refractivity contribution in [2.75, 3.05) is 39.4 Å². The summed E-state index contributed by atoms with van der Waals surface area (Å²) in [5, 5.41) is 10.7. The number of halogens is 1. The van der Waals surface area contributed by atoms with Crippen LogP contribution in [0.2, 0.25) is 5.02 Å². The number of morpholine rings is 1. The Kier molecular flexibility index (Phi) is 5.42. The highest BCUT2D eigenvalue weighted by molar-refractivity contribution is 6.31. The Morgan fingerprint density at radius 3 is 2.60 bits per heavy atom. The van der Waals surface area contributed by atoms with Gasteiger partial charge in [-0.1, -0.05) is 29.8 Å². The van der Waals surface area contributed by atoms with Crippen LogP contribution in [0, 0.1) is 0 Å². The molecule has 0 spiro atoms. The number of benzene rings is 1. The molecule has 1 aromatic carbocycles. The maximum atomic E-state index is 12.6. The van der Waals surface area contributed by atoms with Crippen LogP contribution in [0.1, 0.15) is 18.5 Å². The molecule has 0 radical (unpaired) electrons. The number of nitrogens with zero attached hydrogens (tertiary/aromatic N) is 2. The van der Waals surface area contributed by atoms with Gasteiger partial charge in [-0.15, -0.1) is 0 Å². The van der Waals surface area contributed by atoms with Crippen molar-refractivity contribution in [3.05, 3.63) is 46.2 Å². The summed E-state index contributed by atoms with van der Waals surface area (Å²) in [7, 11) is 0. The third-order valence-corrected chi connectivity index (χ3v) is 4.99. The smallest absolute Gasteiger partial charge is 0.290 e. The number of aliphatic hydroxyl groups is 1. The van der Waals surface area contributed by atoms with Gasteiger partial charge in [0.15, 0.2) is 11.5 Å². The normalized spacial score (nSPS) is 21.9. The first-order chi connectivity index (χ1) is 12.0. The molecule has 1 saturated heterocycles. The molecule has 0 saturated carbocycles. The fraction of sp³-hybridized carbons (Fsp3) is 0.444. The van der Waals surface area contributed by atoms with Crippen molar-refractivity contribution in [3.63, 3.8) is 0 Å². The molecular formula is C18H21ClN2O4. The van der Waals surface area contributed by atoms with E-state index in [0.717, 1.165) is 13.1 Å². The molecule has 3 rings (SSSR count). The number of ketones is 1. The zero-order valence-corrected chi connectivity index (χ0v) is 14.8. The summed E-state index contributed by atoms with van der Waals surface area (Å²) in [6.45, 7) is 5.35. The van der Waals surface area contributed by atoms with Gasteiger partial charge in [0, 0.05) is 31.2 Å². The maximum absolute atomic E-state index is 12.6. The molecule has 0 aliphatic carbocycles. The Bertz CT molecular complexity index is 713. The minimum atomic E-state index is -0.653. The molecule has 0 bridgehead atoms. The summed E-state index contributed by atoms with van der Waals surface area (Å²) in [5.41, 5.74) is 0.758. The van der Waals surface area contributed by atoms with E-state index < -0.39 is 17.7 Å². The monoisotopic (exact) mass is 364 g/mol. The van der Waals surface area contributed by atoms with Crippen LogP contribution >= 0.6 is 11.6 Å². The number of carbonyl (C=O) groups excluding carboxylic acids is 2. The van der Waals surface area contributed by atoms with E-state index in [2.05, 4.69) is 4.90 Å². The van der Waals surface area contributed by atoms with E-state index >= 15 is 0 Å². The number of aliphatic hydroxyl groups excluding tert-OH is 1. The summed E-state index contributed by atoms with van der Waals surface area (Å²) in [5.74, 6) is -1.33. The van der Waals surface area contributed by atoms with Crippen molar-refractivity contribution in [1.82, 2.24) is 9.80 Å². The molecule has 1 aromatic rings. The molecule has 1 fully saturated rings. The standard InChI is InChI=1S/C18H21ClN2O4/c1-12(22)15-16(13-4-2-3-5-14(13)19)21(18(24)17(15)23)7-6-20-8-10-25-11-9-20/h2-5,16,23H,6-11H2,1H3/t16-/m0/s1. The predicted molar refractivity (Wildman–Crippen MR) is 93.5 cm³/mol. The Morgan fingerprint density at radius 2 is 1.96 bits per heavy atom. The maximum Gasteiger partial charge on any atom is 0.290 e. The molecule has 25 heavy (non-hydrogen) atoms. The van der Waals surface area contributed by atoms with Crippen LogP contribution in [0.5, 0.6) is 0 Å². The first-order valence-corrected chi connectivity index (χ1v) is 8.68. The van der Waals surface area contributed by atoms with Gasteiger partial charge in [0.05, 0.1) is 24.8 Å². The number of carbonyl (C=O) groups is 2. The Balaban J connectivity index is 1.88.